The van der Waals surface area contributed by atoms with Crippen molar-refractivity contribution in [2.45, 2.75) is 32.1 Å². The number of nitrogens with zero attached hydrogens (tertiary/aromatic N) is 4. The average molecular weight is 394 g/mol. The fraction of sp³-hybridized carbons (Fsp3) is 0.522. The fourth-order valence-electron chi connectivity index (χ4n) is 4.32. The van der Waals surface area contributed by atoms with E-state index in [4.69, 9.17) is 0 Å². The molecule has 1 unspecified atom stereocenters. The monoisotopic (exact) mass is 393 g/mol. The van der Waals surface area contributed by atoms with E-state index in [-0.39, 0.29) is 11.8 Å². The Morgan fingerprint density at radius 1 is 0.966 bits per heavy atom. The predicted molar refractivity (Wildman–Crippen MR) is 116 cm³/mol. The Hall–Kier alpha value is -2.47. The normalized spacial score (nSPS) is 20.4. The highest BCUT2D eigenvalue weighted by Crippen LogP contribution is 2.23. The fourth-order valence-corrected chi connectivity index (χ4v) is 4.32. The van der Waals surface area contributed by atoms with E-state index in [0.717, 1.165) is 56.1 Å². The maximum atomic E-state index is 12.7. The molecular weight excluding hydrogens is 362 g/mol. The van der Waals surface area contributed by atoms with Crippen molar-refractivity contribution in [3.63, 3.8) is 0 Å². The van der Waals surface area contributed by atoms with E-state index in [0.29, 0.717) is 0 Å². The molecule has 2 saturated heterocycles. The highest BCUT2D eigenvalue weighted by molar-refractivity contribution is 5.79. The lowest BCUT2D eigenvalue weighted by Crippen LogP contribution is -2.45. The molecule has 2 aliphatic heterocycles. The van der Waals surface area contributed by atoms with E-state index >= 15 is 0 Å². The molecule has 2 aliphatic rings. The van der Waals surface area contributed by atoms with E-state index < -0.39 is 0 Å². The smallest absolute Gasteiger partial charge is 0.224 e. The lowest BCUT2D eigenvalue weighted by Gasteiger charge is -2.33. The zero-order chi connectivity index (χ0) is 19.9. The first-order chi connectivity index (χ1) is 14.3. The molecule has 154 valence electrons. The number of piperidine rings is 2. The quantitative estimate of drug-likeness (QED) is 0.818. The van der Waals surface area contributed by atoms with Crippen molar-refractivity contribution in [2.75, 3.05) is 44.2 Å². The lowest BCUT2D eigenvalue weighted by atomic mass is 9.97. The van der Waals surface area contributed by atoms with E-state index in [1.165, 1.54) is 32.4 Å². The molecular formula is C23H31N5O. The zero-order valence-corrected chi connectivity index (χ0v) is 17.1. The van der Waals surface area contributed by atoms with Crippen LogP contribution in [0.5, 0.6) is 0 Å². The second kappa shape index (κ2) is 9.83. The average Bonchev–Trinajstić information content (AvgIpc) is 2.80. The minimum atomic E-state index is 0.0284. The van der Waals surface area contributed by atoms with Crippen molar-refractivity contribution in [2.24, 2.45) is 5.92 Å². The van der Waals surface area contributed by atoms with E-state index in [2.05, 4.69) is 25.3 Å². The summed E-state index contributed by atoms with van der Waals surface area (Å²) < 4.78 is 0. The molecule has 1 atom stereocenters. The van der Waals surface area contributed by atoms with Gasteiger partial charge in [-0.05, 0) is 50.9 Å². The third-order valence-electron chi connectivity index (χ3n) is 6.01. The van der Waals surface area contributed by atoms with Crippen LogP contribution in [0.3, 0.4) is 0 Å². The van der Waals surface area contributed by atoms with Gasteiger partial charge in [-0.3, -0.25) is 4.79 Å². The molecule has 3 heterocycles. The second-order valence-corrected chi connectivity index (χ2v) is 8.12. The number of nitrogens with one attached hydrogen (secondary N) is 1. The Kier molecular flexibility index (Phi) is 6.72. The van der Waals surface area contributed by atoms with Gasteiger partial charge in [-0.2, -0.15) is 0 Å². The van der Waals surface area contributed by atoms with Crippen LogP contribution in [0.2, 0.25) is 0 Å². The van der Waals surface area contributed by atoms with E-state index in [1.807, 2.05) is 42.5 Å². The summed E-state index contributed by atoms with van der Waals surface area (Å²) in [6.07, 6.45) is 5.87. The minimum absolute atomic E-state index is 0.0284. The van der Waals surface area contributed by atoms with Crippen molar-refractivity contribution in [3.8, 4) is 11.3 Å². The molecule has 0 aliphatic carbocycles. The largest absolute Gasteiger partial charge is 0.355 e. The second-order valence-electron chi connectivity index (χ2n) is 8.12. The molecule has 1 aromatic carbocycles. The molecule has 4 rings (SSSR count). The number of amides is 1. The number of anilines is 1. The molecule has 29 heavy (non-hydrogen) atoms. The van der Waals surface area contributed by atoms with Gasteiger partial charge in [-0.1, -0.05) is 36.8 Å². The van der Waals surface area contributed by atoms with Crippen molar-refractivity contribution < 1.29 is 4.79 Å². The molecule has 2 aromatic rings. The molecule has 1 N–H and O–H groups in total. The number of hydrogen-bond acceptors (Lipinski definition) is 5. The van der Waals surface area contributed by atoms with Crippen molar-refractivity contribution in [1.29, 1.82) is 0 Å². The highest BCUT2D eigenvalue weighted by Gasteiger charge is 2.26. The third-order valence-corrected chi connectivity index (χ3v) is 6.01. The van der Waals surface area contributed by atoms with Gasteiger partial charge in [0.25, 0.3) is 0 Å². The Morgan fingerprint density at radius 3 is 2.55 bits per heavy atom. The zero-order valence-electron chi connectivity index (χ0n) is 17.1. The van der Waals surface area contributed by atoms with Gasteiger partial charge in [0.05, 0.1) is 11.6 Å². The minimum Gasteiger partial charge on any atom is -0.355 e. The number of rotatable bonds is 6. The summed E-state index contributed by atoms with van der Waals surface area (Å²) in [5, 5.41) is 12.0. The van der Waals surface area contributed by atoms with Crippen LogP contribution >= 0.6 is 0 Å². The molecule has 1 amide bonds. The summed E-state index contributed by atoms with van der Waals surface area (Å²) >= 11 is 0. The standard InChI is InChI=1S/C23H31N5O/c29-23(24-13-17-27-14-5-2-6-15-27)20-10-7-16-28(18-20)22-12-11-21(25-26-22)19-8-3-1-4-9-19/h1,3-4,8-9,11-12,20H,2,5-7,10,13-18H2,(H,24,29). The van der Waals surface area contributed by atoms with Crippen molar-refractivity contribution >= 4 is 11.7 Å². The molecule has 6 heteroatoms. The van der Waals surface area contributed by atoms with Gasteiger partial charge in [0.2, 0.25) is 5.91 Å². The highest BCUT2D eigenvalue weighted by atomic mass is 16.1. The lowest BCUT2D eigenvalue weighted by molar-refractivity contribution is -0.125. The predicted octanol–water partition coefficient (Wildman–Crippen LogP) is 2.96. The number of carbonyl (C=O) groups excluding carboxylic acids is 1. The van der Waals surface area contributed by atoms with Crippen LogP contribution in [0, 0.1) is 5.92 Å². The summed E-state index contributed by atoms with van der Waals surface area (Å²) in [6, 6.07) is 14.1. The summed E-state index contributed by atoms with van der Waals surface area (Å²) in [7, 11) is 0. The van der Waals surface area contributed by atoms with Crippen LogP contribution in [-0.4, -0.2) is 60.3 Å². The molecule has 0 bridgehead atoms. The molecule has 2 fully saturated rings. The van der Waals surface area contributed by atoms with Crippen LogP contribution in [-0.2, 0) is 4.79 Å². The van der Waals surface area contributed by atoms with E-state index in [1.54, 1.807) is 0 Å². The summed E-state index contributed by atoms with van der Waals surface area (Å²) in [5.74, 6) is 1.07. The summed E-state index contributed by atoms with van der Waals surface area (Å²) in [5.41, 5.74) is 1.94. The Labute approximate surface area is 173 Å². The maximum absolute atomic E-state index is 12.7. The third kappa shape index (κ3) is 5.32. The molecule has 0 spiro atoms. The molecule has 1 aromatic heterocycles. The topological polar surface area (TPSA) is 61.4 Å². The molecule has 0 saturated carbocycles. The van der Waals surface area contributed by atoms with Crippen LogP contribution in [0.15, 0.2) is 42.5 Å². The number of benzene rings is 1. The SMILES string of the molecule is O=C(NCCN1CCCCC1)C1CCCN(c2ccc(-c3ccccc3)nn2)C1. The first-order valence-corrected chi connectivity index (χ1v) is 10.9. The maximum Gasteiger partial charge on any atom is 0.224 e. The van der Waals surface area contributed by atoms with Gasteiger partial charge in [0.15, 0.2) is 5.82 Å². The van der Waals surface area contributed by atoms with Gasteiger partial charge in [-0.25, -0.2) is 0 Å². The van der Waals surface area contributed by atoms with Crippen molar-refractivity contribution in [3.05, 3.63) is 42.5 Å². The number of hydrogen-bond donors (Lipinski definition) is 1. The Bertz CT molecular complexity index is 774. The van der Waals surface area contributed by atoms with Crippen LogP contribution in [0.4, 0.5) is 5.82 Å². The van der Waals surface area contributed by atoms with Crippen molar-refractivity contribution in [1.82, 2.24) is 20.4 Å². The summed E-state index contributed by atoms with van der Waals surface area (Å²) in [4.78, 5) is 17.3. The van der Waals surface area contributed by atoms with Crippen LogP contribution in [0.25, 0.3) is 11.3 Å². The number of likely N-dealkylation sites (tertiary alicyclic amines) is 1. The van der Waals surface area contributed by atoms with E-state index in [9.17, 15) is 4.79 Å². The van der Waals surface area contributed by atoms with Crippen LogP contribution in [0.1, 0.15) is 32.1 Å². The van der Waals surface area contributed by atoms with Gasteiger partial charge >= 0.3 is 0 Å². The summed E-state index contributed by atoms with van der Waals surface area (Å²) in [6.45, 7) is 5.71. The van der Waals surface area contributed by atoms with Crippen LogP contribution < -0.4 is 10.2 Å². The van der Waals surface area contributed by atoms with Gasteiger partial charge in [0.1, 0.15) is 0 Å². The molecule has 0 radical (unpaired) electrons. The molecule has 6 nitrogen and oxygen atoms in total. The van der Waals surface area contributed by atoms with Gasteiger partial charge < -0.3 is 15.1 Å². The number of aromatic nitrogens is 2. The number of carbonyl (C=O) groups is 1. The first kappa shape index (κ1) is 19.8. The van der Waals surface area contributed by atoms with Gasteiger partial charge in [0, 0.05) is 31.7 Å². The Balaban J connectivity index is 1.29. The first-order valence-electron chi connectivity index (χ1n) is 10.9. The van der Waals surface area contributed by atoms with Gasteiger partial charge in [-0.15, -0.1) is 10.2 Å². The Morgan fingerprint density at radius 2 is 1.79 bits per heavy atom.